The Balaban J connectivity index is 0.000000200. The Kier molecular flexibility index (Phi) is 18.7. The molecule has 20 heteroatoms. The first-order valence-electron chi connectivity index (χ1n) is 20.9. The van der Waals surface area contributed by atoms with Crippen molar-refractivity contribution < 1.29 is 23.5 Å². The summed E-state index contributed by atoms with van der Waals surface area (Å²) in [6, 6.07) is 13.5. The summed E-state index contributed by atoms with van der Waals surface area (Å²) in [7, 11) is 0. The number of hydrogen-bond acceptors (Lipinski definition) is 9. The third-order valence-corrected chi connectivity index (χ3v) is 13.8. The lowest BCUT2D eigenvalue weighted by Crippen LogP contribution is -2.33. The molecule has 0 saturated carbocycles. The van der Waals surface area contributed by atoms with Crippen LogP contribution in [-0.4, -0.2) is 102 Å². The van der Waals surface area contributed by atoms with Crippen LogP contribution in [0.25, 0.3) is 11.3 Å². The van der Waals surface area contributed by atoms with Crippen molar-refractivity contribution in [2.75, 3.05) is 54.8 Å². The Labute approximate surface area is 417 Å². The first kappa shape index (κ1) is 52.5. The van der Waals surface area contributed by atoms with Gasteiger partial charge in [0, 0.05) is 58.3 Å². The summed E-state index contributed by atoms with van der Waals surface area (Å²) in [4.78, 5) is 39.2. The number of urea groups is 2. The number of aliphatic hydroxyl groups is 1. The summed E-state index contributed by atoms with van der Waals surface area (Å²) in [5.74, 6) is 0.977. The van der Waals surface area contributed by atoms with E-state index in [1.165, 1.54) is 29.3 Å². The summed E-state index contributed by atoms with van der Waals surface area (Å²) >= 11 is 10.3. The van der Waals surface area contributed by atoms with E-state index in [1.54, 1.807) is 40.0 Å². The van der Waals surface area contributed by atoms with Gasteiger partial charge in [0.25, 0.3) is 0 Å². The van der Waals surface area contributed by atoms with Gasteiger partial charge in [0.05, 0.1) is 24.5 Å². The van der Waals surface area contributed by atoms with Crippen LogP contribution in [-0.2, 0) is 0 Å². The van der Waals surface area contributed by atoms with Crippen LogP contribution in [0.5, 0.6) is 0 Å². The molecule has 0 spiro atoms. The Morgan fingerprint density at radius 3 is 1.94 bits per heavy atom. The number of β-amino-alcohol motifs (C(OH)–C–C–N with tert-alkyl or cyclic N) is 1. The third-order valence-electron chi connectivity index (χ3n) is 11.6. The lowest BCUT2D eigenvalue weighted by molar-refractivity contribution is 0.176. The summed E-state index contributed by atoms with van der Waals surface area (Å²) in [6.45, 7) is 6.49. The van der Waals surface area contributed by atoms with Crippen LogP contribution in [0.2, 0.25) is 5.15 Å². The maximum atomic E-state index is 13.9. The molecule has 2 aromatic carbocycles. The van der Waals surface area contributed by atoms with Crippen LogP contribution in [0.3, 0.4) is 0 Å². The molecular formula is C46H59ClF2I2N12O3. The highest BCUT2D eigenvalue weighted by Gasteiger charge is 2.30. The number of anilines is 3. The normalized spacial score (nSPS) is 19.8. The number of nitrogens with zero attached hydrogens (tertiary/aromatic N) is 9. The van der Waals surface area contributed by atoms with Crippen molar-refractivity contribution in [3.8, 4) is 0 Å². The second-order valence-electron chi connectivity index (χ2n) is 16.1. The number of aromatic nitrogens is 6. The van der Waals surface area contributed by atoms with Crippen molar-refractivity contribution >= 4 is 97.3 Å². The highest BCUT2D eigenvalue weighted by Crippen LogP contribution is 2.38. The highest BCUT2D eigenvalue weighted by atomic mass is 127. The topological polar surface area (TPSA) is 161 Å². The predicted octanol–water partition coefficient (Wildman–Crippen LogP) is 10.4. The molecule has 0 radical (unpaired) electrons. The molecule has 0 bridgehead atoms. The molecule has 4 aromatic heterocycles. The lowest BCUT2D eigenvalue weighted by atomic mass is 10.0. The molecule has 4 N–H and O–H groups in total. The van der Waals surface area contributed by atoms with Crippen LogP contribution in [0.4, 0.5) is 35.6 Å². The van der Waals surface area contributed by atoms with E-state index in [9.17, 15) is 23.5 Å². The number of hydrogen-bond donors (Lipinski definition) is 4. The maximum absolute atomic E-state index is 13.9. The number of halogens is 5. The Morgan fingerprint density at radius 2 is 1.35 bits per heavy atom. The summed E-state index contributed by atoms with van der Waals surface area (Å²) in [5, 5.41) is 27.2. The van der Waals surface area contributed by atoms with Gasteiger partial charge in [0.15, 0.2) is 11.3 Å². The summed E-state index contributed by atoms with van der Waals surface area (Å²) in [6.07, 6.45) is 12.1. The van der Waals surface area contributed by atoms with Gasteiger partial charge >= 0.3 is 12.1 Å². The lowest BCUT2D eigenvalue weighted by Gasteiger charge is -2.27. The fourth-order valence-corrected chi connectivity index (χ4v) is 9.89. The molecule has 10 rings (SSSR count). The van der Waals surface area contributed by atoms with Gasteiger partial charge in [-0.25, -0.2) is 37.4 Å². The molecule has 4 amide bonds. The van der Waals surface area contributed by atoms with Gasteiger partial charge in [0.2, 0.25) is 0 Å². The number of benzene rings is 2. The Hall–Kier alpha value is -4.45. The number of fused-ring (bicyclic) bond motifs is 2. The minimum atomic E-state index is -0.442. The second-order valence-corrected chi connectivity index (χ2v) is 18.8. The maximum Gasteiger partial charge on any atom is 0.322 e. The quantitative estimate of drug-likeness (QED) is 0.0973. The van der Waals surface area contributed by atoms with E-state index in [0.29, 0.717) is 59.3 Å². The van der Waals surface area contributed by atoms with Crippen molar-refractivity contribution in [2.24, 2.45) is 5.92 Å². The SMILES string of the molecule is C.C.C.C[C@H]1CCN(C(=O)Nc2cnn3ccc(N4CCCC4c4cc(F)ccc4I)nc23)C1.Fc1ccc(I)c(C2CCCN2)c1.O=C(Nc1cnn2ccc(Cl)nc12)N1CC[C@H](O)C1. The van der Waals surface area contributed by atoms with Crippen molar-refractivity contribution in [1.82, 2.24) is 44.3 Å². The Morgan fingerprint density at radius 1 is 0.758 bits per heavy atom. The minimum absolute atomic E-state index is 0. The van der Waals surface area contributed by atoms with Crippen LogP contribution in [0.15, 0.2) is 73.3 Å². The van der Waals surface area contributed by atoms with E-state index >= 15 is 0 Å². The zero-order valence-electron chi connectivity index (χ0n) is 34.4. The van der Waals surface area contributed by atoms with Gasteiger partial charge in [-0.15, -0.1) is 0 Å². The average Bonchev–Trinajstić information content (AvgIpc) is 4.14. The number of aliphatic hydroxyl groups excluding tert-OH is 1. The van der Waals surface area contributed by atoms with Crippen molar-refractivity contribution in [3.63, 3.8) is 0 Å². The van der Waals surface area contributed by atoms with Crippen LogP contribution >= 0.6 is 56.8 Å². The van der Waals surface area contributed by atoms with E-state index in [4.69, 9.17) is 16.6 Å². The molecule has 2 unspecified atom stereocenters. The molecule has 4 saturated heterocycles. The van der Waals surface area contributed by atoms with Gasteiger partial charge in [-0.3, -0.25) is 0 Å². The number of likely N-dealkylation sites (tertiary alicyclic amines) is 2. The van der Waals surface area contributed by atoms with Crippen LogP contribution in [0, 0.1) is 24.7 Å². The molecule has 6 aromatic rings. The first-order valence-corrected chi connectivity index (χ1v) is 23.5. The molecule has 356 valence electrons. The molecular weight excluding hydrogens is 1100 g/mol. The molecule has 4 aliphatic heterocycles. The number of carbonyl (C=O) groups excluding carboxylic acids is 2. The van der Waals surface area contributed by atoms with Gasteiger partial charge in [0.1, 0.15) is 34.0 Å². The molecule has 8 heterocycles. The summed E-state index contributed by atoms with van der Waals surface area (Å²) in [5.41, 5.74) is 4.29. The predicted molar refractivity (Wildman–Crippen MR) is 274 cm³/mol. The van der Waals surface area contributed by atoms with Gasteiger partial charge < -0.3 is 35.8 Å². The molecule has 0 aliphatic carbocycles. The number of carbonyl (C=O) groups is 2. The molecule has 15 nitrogen and oxygen atoms in total. The average molecular weight is 1160 g/mol. The van der Waals surface area contributed by atoms with E-state index in [0.717, 1.165) is 75.9 Å². The van der Waals surface area contributed by atoms with Crippen molar-refractivity contribution in [2.45, 2.75) is 85.9 Å². The zero-order chi connectivity index (χ0) is 44.2. The molecule has 66 heavy (non-hydrogen) atoms. The number of rotatable bonds is 5. The Bertz CT molecular complexity index is 2600. The second kappa shape index (κ2) is 23.5. The van der Waals surface area contributed by atoms with Crippen LogP contribution < -0.4 is 20.9 Å². The van der Waals surface area contributed by atoms with Gasteiger partial charge in [-0.05, 0) is 156 Å². The highest BCUT2D eigenvalue weighted by molar-refractivity contribution is 14.1. The van der Waals surface area contributed by atoms with E-state index in [2.05, 4.69) is 88.1 Å². The van der Waals surface area contributed by atoms with Crippen molar-refractivity contribution in [3.05, 3.63) is 108 Å². The summed E-state index contributed by atoms with van der Waals surface area (Å²) < 4.78 is 32.3. The standard InChI is InChI=1S/C22H24FIN6O.C11H12ClN5O2.C10H11FIN.3CH4/c1-14-6-9-28(13-14)22(31)26-18-12-25-30-10-7-20(27-21(18)30)29-8-2-3-19(29)16-11-15(23)4-5-17(16)24;12-9-2-4-17-10(15-9)8(5-13-17)14-11(19)16-3-1-7(18)6-16;11-7-3-4-9(12)8(6-7)10-2-1-5-13-10;;;/h4-5,7,10-12,14,19H,2-3,6,8-9,13H2,1H3,(H,26,31);2,4-5,7,18H,1,3,6H2,(H,14,19);3-4,6,10,13H,1-2,5H2;3*1H4/t14-,19?;7-;;;;/m00..../s1. The van der Waals surface area contributed by atoms with Gasteiger partial charge in [-0.1, -0.05) is 40.8 Å². The molecule has 4 atom stereocenters. The molecule has 4 fully saturated rings. The number of amides is 4. The van der Waals surface area contributed by atoms with Crippen molar-refractivity contribution in [1.29, 1.82) is 0 Å². The van der Waals surface area contributed by atoms with Crippen LogP contribution in [0.1, 0.15) is 90.9 Å². The van der Waals surface area contributed by atoms with E-state index < -0.39 is 6.10 Å². The molecule has 4 aliphatic rings. The van der Waals surface area contributed by atoms with Gasteiger partial charge in [-0.2, -0.15) is 10.2 Å². The number of nitrogens with one attached hydrogen (secondary N) is 3. The third kappa shape index (κ3) is 12.4. The smallest absolute Gasteiger partial charge is 0.322 e. The first-order chi connectivity index (χ1) is 30.4. The minimum Gasteiger partial charge on any atom is -0.391 e. The van der Waals surface area contributed by atoms with E-state index in [1.807, 2.05) is 29.3 Å². The fraction of sp³-hybridized carbons (Fsp3) is 0.435. The monoisotopic (exact) mass is 1150 g/mol. The van der Waals surface area contributed by atoms with E-state index in [-0.39, 0.29) is 52.0 Å². The zero-order valence-corrected chi connectivity index (χ0v) is 39.5. The largest absolute Gasteiger partial charge is 0.391 e. The fourth-order valence-electron chi connectivity index (χ4n) is 8.34.